The van der Waals surface area contributed by atoms with Crippen molar-refractivity contribution in [2.45, 2.75) is 32.6 Å². The van der Waals surface area contributed by atoms with Crippen molar-refractivity contribution in [2.24, 2.45) is 0 Å². The summed E-state index contributed by atoms with van der Waals surface area (Å²) in [5.41, 5.74) is 5.31. The molecule has 0 aromatic heterocycles. The predicted molar refractivity (Wildman–Crippen MR) is 122 cm³/mol. The van der Waals surface area contributed by atoms with Gasteiger partial charge in [-0.1, -0.05) is 35.4 Å². The molecule has 3 aromatic carbocycles. The number of carbonyl (C=O) groups is 1. The zero-order chi connectivity index (χ0) is 22.1. The molecular weight excluding hydrogens is 420 g/mol. The normalized spacial score (nSPS) is 11.2. The first-order valence-electron chi connectivity index (χ1n) is 9.35. The number of amides is 1. The molecule has 156 valence electrons. The third-order valence-corrected chi connectivity index (χ3v) is 6.74. The van der Waals surface area contributed by atoms with Crippen LogP contribution in [0.3, 0.4) is 0 Å². The molecule has 7 heteroatoms. The highest BCUT2D eigenvalue weighted by Gasteiger charge is 2.21. The number of benzene rings is 3. The molecule has 0 bridgehead atoms. The average molecular weight is 443 g/mol. The topological polar surface area (TPSA) is 75.3 Å². The Morgan fingerprint density at radius 1 is 0.833 bits per heavy atom. The van der Waals surface area contributed by atoms with Gasteiger partial charge in [-0.15, -0.1) is 0 Å². The third-order valence-electron chi connectivity index (χ3n) is 4.87. The van der Waals surface area contributed by atoms with Gasteiger partial charge in [-0.25, -0.2) is 8.42 Å². The number of anilines is 2. The van der Waals surface area contributed by atoms with Crippen LogP contribution in [0.25, 0.3) is 0 Å². The van der Waals surface area contributed by atoms with Gasteiger partial charge < -0.3 is 5.32 Å². The lowest BCUT2D eigenvalue weighted by Gasteiger charge is -2.13. The van der Waals surface area contributed by atoms with Crippen molar-refractivity contribution in [1.29, 1.82) is 0 Å². The van der Waals surface area contributed by atoms with Gasteiger partial charge in [0.15, 0.2) is 0 Å². The molecule has 1 amide bonds. The van der Waals surface area contributed by atoms with Gasteiger partial charge >= 0.3 is 0 Å². The second kappa shape index (κ2) is 8.50. The van der Waals surface area contributed by atoms with Crippen LogP contribution in [-0.4, -0.2) is 14.3 Å². The predicted octanol–water partition coefficient (Wildman–Crippen LogP) is 5.63. The summed E-state index contributed by atoms with van der Waals surface area (Å²) in [5, 5.41) is 2.85. The number of aryl methyl sites for hydroxylation is 4. The molecule has 3 rings (SSSR count). The van der Waals surface area contributed by atoms with E-state index in [1.807, 2.05) is 52.0 Å². The van der Waals surface area contributed by atoms with Gasteiger partial charge in [-0.05, 0) is 80.8 Å². The highest BCUT2D eigenvalue weighted by Crippen LogP contribution is 2.26. The Bertz CT molecular complexity index is 1240. The van der Waals surface area contributed by atoms with E-state index >= 15 is 0 Å². The Morgan fingerprint density at radius 2 is 1.57 bits per heavy atom. The molecule has 0 saturated carbocycles. The molecule has 0 aliphatic carbocycles. The fourth-order valence-corrected chi connectivity index (χ4v) is 4.59. The first-order chi connectivity index (χ1) is 14.1. The molecule has 0 heterocycles. The van der Waals surface area contributed by atoms with Crippen LogP contribution in [-0.2, 0) is 10.0 Å². The van der Waals surface area contributed by atoms with E-state index in [-0.39, 0.29) is 15.5 Å². The quantitative estimate of drug-likeness (QED) is 0.537. The first kappa shape index (κ1) is 21.9. The van der Waals surface area contributed by atoms with Gasteiger partial charge in [0, 0.05) is 16.9 Å². The van der Waals surface area contributed by atoms with Gasteiger partial charge in [0.2, 0.25) is 0 Å². The number of rotatable bonds is 5. The minimum absolute atomic E-state index is 0.0365. The van der Waals surface area contributed by atoms with Crippen molar-refractivity contribution in [3.05, 3.63) is 87.4 Å². The smallest absolute Gasteiger partial charge is 0.263 e. The number of nitrogens with one attached hydrogen (secondary N) is 2. The van der Waals surface area contributed by atoms with E-state index in [0.29, 0.717) is 11.4 Å². The van der Waals surface area contributed by atoms with Crippen LogP contribution < -0.4 is 10.0 Å². The Morgan fingerprint density at radius 3 is 2.23 bits per heavy atom. The van der Waals surface area contributed by atoms with Crippen molar-refractivity contribution in [2.75, 3.05) is 10.0 Å². The molecule has 0 spiro atoms. The zero-order valence-corrected chi connectivity index (χ0v) is 18.8. The van der Waals surface area contributed by atoms with E-state index in [2.05, 4.69) is 10.0 Å². The summed E-state index contributed by atoms with van der Waals surface area (Å²) < 4.78 is 28.4. The average Bonchev–Trinajstić information content (AvgIpc) is 2.67. The van der Waals surface area contributed by atoms with Crippen molar-refractivity contribution >= 4 is 38.9 Å². The van der Waals surface area contributed by atoms with Crippen molar-refractivity contribution in [1.82, 2.24) is 0 Å². The van der Waals surface area contributed by atoms with E-state index in [0.717, 1.165) is 22.3 Å². The second-order valence-electron chi connectivity index (χ2n) is 7.32. The summed E-state index contributed by atoms with van der Waals surface area (Å²) in [5.74, 6) is -0.416. The minimum Gasteiger partial charge on any atom is -0.322 e. The number of hydrogen-bond donors (Lipinski definition) is 2. The van der Waals surface area contributed by atoms with Crippen molar-refractivity contribution in [3.63, 3.8) is 0 Å². The molecule has 0 radical (unpaired) electrons. The van der Waals surface area contributed by atoms with Crippen LogP contribution in [0.4, 0.5) is 11.4 Å². The summed E-state index contributed by atoms with van der Waals surface area (Å²) >= 11 is 6.16. The molecule has 0 atom stereocenters. The molecule has 0 aliphatic heterocycles. The summed E-state index contributed by atoms with van der Waals surface area (Å²) in [6, 6.07) is 15.1. The molecule has 2 N–H and O–H groups in total. The third kappa shape index (κ3) is 4.83. The fourth-order valence-electron chi connectivity index (χ4n) is 3.01. The van der Waals surface area contributed by atoms with Crippen LogP contribution >= 0.6 is 11.6 Å². The summed E-state index contributed by atoms with van der Waals surface area (Å²) in [6.45, 7) is 7.71. The largest absolute Gasteiger partial charge is 0.322 e. The van der Waals surface area contributed by atoms with E-state index in [9.17, 15) is 13.2 Å². The monoisotopic (exact) mass is 442 g/mol. The minimum atomic E-state index is -3.98. The van der Waals surface area contributed by atoms with Crippen LogP contribution in [0.15, 0.2) is 59.5 Å². The molecule has 0 saturated heterocycles. The fraction of sp³-hybridized carbons (Fsp3) is 0.174. The Kier molecular flexibility index (Phi) is 6.19. The molecule has 3 aromatic rings. The van der Waals surface area contributed by atoms with Crippen LogP contribution in [0, 0.1) is 27.7 Å². The summed E-state index contributed by atoms with van der Waals surface area (Å²) in [6.07, 6.45) is 0. The van der Waals surface area contributed by atoms with E-state index in [4.69, 9.17) is 11.6 Å². The van der Waals surface area contributed by atoms with Crippen molar-refractivity contribution in [3.8, 4) is 0 Å². The standard InChI is InChI=1S/C23H23ClN2O3S/c1-14-5-10-21(17(4)11-14)25-23(27)18-7-9-20(24)22(13-18)30(28,29)26-19-8-6-15(2)16(3)12-19/h5-13,26H,1-4H3,(H,25,27). The van der Waals surface area contributed by atoms with Crippen LogP contribution in [0.1, 0.15) is 32.6 Å². The highest BCUT2D eigenvalue weighted by atomic mass is 35.5. The first-order valence-corrected chi connectivity index (χ1v) is 11.2. The number of halogens is 1. The zero-order valence-electron chi connectivity index (χ0n) is 17.2. The van der Waals surface area contributed by atoms with E-state index in [1.165, 1.54) is 18.2 Å². The van der Waals surface area contributed by atoms with E-state index < -0.39 is 15.9 Å². The van der Waals surface area contributed by atoms with Crippen LogP contribution in [0.2, 0.25) is 5.02 Å². The number of sulfonamides is 1. The summed E-state index contributed by atoms with van der Waals surface area (Å²) in [4.78, 5) is 12.6. The Labute approximate surface area is 182 Å². The lowest BCUT2D eigenvalue weighted by molar-refractivity contribution is 0.102. The molecule has 5 nitrogen and oxygen atoms in total. The van der Waals surface area contributed by atoms with Gasteiger partial charge in [0.25, 0.3) is 15.9 Å². The molecule has 0 aliphatic rings. The SMILES string of the molecule is Cc1ccc(NC(=O)c2ccc(Cl)c(S(=O)(=O)Nc3ccc(C)c(C)c3)c2)c(C)c1. The van der Waals surface area contributed by atoms with Crippen LogP contribution in [0.5, 0.6) is 0 Å². The molecule has 30 heavy (non-hydrogen) atoms. The number of hydrogen-bond acceptors (Lipinski definition) is 3. The maximum atomic E-state index is 12.9. The Balaban J connectivity index is 1.89. The van der Waals surface area contributed by atoms with Gasteiger partial charge in [-0.3, -0.25) is 9.52 Å². The van der Waals surface area contributed by atoms with E-state index in [1.54, 1.807) is 12.1 Å². The Hall–Kier alpha value is -2.83. The lowest BCUT2D eigenvalue weighted by Crippen LogP contribution is -2.17. The highest BCUT2D eigenvalue weighted by molar-refractivity contribution is 7.92. The maximum Gasteiger partial charge on any atom is 0.263 e. The second-order valence-corrected chi connectivity index (χ2v) is 9.38. The summed E-state index contributed by atoms with van der Waals surface area (Å²) in [7, 11) is -3.98. The van der Waals surface area contributed by atoms with Gasteiger partial charge in [-0.2, -0.15) is 0 Å². The maximum absolute atomic E-state index is 12.9. The molecule has 0 unspecified atom stereocenters. The number of carbonyl (C=O) groups excluding carboxylic acids is 1. The van der Waals surface area contributed by atoms with Gasteiger partial charge in [0.1, 0.15) is 4.90 Å². The molecule has 0 fully saturated rings. The molecular formula is C23H23ClN2O3S. The lowest BCUT2D eigenvalue weighted by atomic mass is 10.1. The van der Waals surface area contributed by atoms with Crippen molar-refractivity contribution < 1.29 is 13.2 Å². The van der Waals surface area contributed by atoms with Gasteiger partial charge in [0.05, 0.1) is 5.02 Å².